The second kappa shape index (κ2) is 7.71. The van der Waals surface area contributed by atoms with Crippen molar-refractivity contribution < 1.29 is 22.5 Å². The number of fused-ring (bicyclic) bond motifs is 1. The van der Waals surface area contributed by atoms with Gasteiger partial charge in [0.1, 0.15) is 5.03 Å². The number of hydrogen-bond acceptors (Lipinski definition) is 8. The zero-order chi connectivity index (χ0) is 21.3. The first-order chi connectivity index (χ1) is 14.3. The van der Waals surface area contributed by atoms with Gasteiger partial charge in [0.15, 0.2) is 0 Å². The van der Waals surface area contributed by atoms with E-state index in [1.807, 2.05) is 0 Å². The number of nitro benzene ring substituents is 1. The van der Waals surface area contributed by atoms with Crippen molar-refractivity contribution in [2.24, 2.45) is 0 Å². The molecule has 0 N–H and O–H groups in total. The average Bonchev–Trinajstić information content (AvgIpc) is 3.20. The van der Waals surface area contributed by atoms with Crippen LogP contribution in [-0.2, 0) is 11.9 Å². The summed E-state index contributed by atoms with van der Waals surface area (Å²) in [6, 6.07) is 11.9. The molecule has 0 aliphatic heterocycles. The van der Waals surface area contributed by atoms with Crippen LogP contribution < -0.4 is 0 Å². The van der Waals surface area contributed by atoms with Crippen LogP contribution in [-0.4, -0.2) is 25.1 Å². The lowest BCUT2D eigenvalue weighted by Crippen LogP contribution is -2.11. The van der Waals surface area contributed by atoms with Gasteiger partial charge in [0.2, 0.25) is 17.6 Å². The molecule has 4 rings (SSSR count). The number of thioether (sulfide) groups is 1. The molecule has 8 nitrogen and oxygen atoms in total. The van der Waals surface area contributed by atoms with Gasteiger partial charge in [-0.1, -0.05) is 30.0 Å². The van der Waals surface area contributed by atoms with Gasteiger partial charge in [-0.15, -0.1) is 10.2 Å². The number of non-ortho nitro benzene ring substituents is 1. The summed E-state index contributed by atoms with van der Waals surface area (Å²) < 4.78 is 44.9. The molecule has 0 atom stereocenters. The summed E-state index contributed by atoms with van der Waals surface area (Å²) in [7, 11) is 0. The minimum atomic E-state index is -4.67. The van der Waals surface area contributed by atoms with Gasteiger partial charge in [-0.2, -0.15) is 13.2 Å². The largest absolute Gasteiger partial charge is 0.451 e. The van der Waals surface area contributed by atoms with Gasteiger partial charge in [0.05, 0.1) is 16.2 Å². The fraction of sp³-hybridized carbons (Fsp3) is 0.111. The van der Waals surface area contributed by atoms with Crippen molar-refractivity contribution in [1.29, 1.82) is 0 Å². The van der Waals surface area contributed by atoms with E-state index in [1.165, 1.54) is 30.3 Å². The van der Waals surface area contributed by atoms with Crippen LogP contribution >= 0.6 is 11.8 Å². The number of alkyl halides is 3. The van der Waals surface area contributed by atoms with Gasteiger partial charge in [0.25, 0.3) is 5.69 Å². The van der Waals surface area contributed by atoms with Crippen LogP contribution in [0.2, 0.25) is 0 Å². The van der Waals surface area contributed by atoms with Crippen LogP contribution in [0.25, 0.3) is 22.4 Å². The van der Waals surface area contributed by atoms with Gasteiger partial charge in [-0.25, -0.2) is 9.97 Å². The van der Waals surface area contributed by atoms with Crippen molar-refractivity contribution in [2.45, 2.75) is 17.0 Å². The summed E-state index contributed by atoms with van der Waals surface area (Å²) in [5, 5.41) is 19.1. The molecular formula is C18H10F3N5O3S. The Hall–Kier alpha value is -3.54. The first kappa shape index (κ1) is 19.8. The average molecular weight is 433 g/mol. The molecule has 0 saturated heterocycles. The van der Waals surface area contributed by atoms with E-state index < -0.39 is 16.9 Å². The third-order valence-electron chi connectivity index (χ3n) is 3.95. The molecule has 2 aromatic carbocycles. The molecule has 4 aromatic rings. The highest BCUT2D eigenvalue weighted by Crippen LogP contribution is 2.33. The van der Waals surface area contributed by atoms with Crippen molar-refractivity contribution in [1.82, 2.24) is 20.2 Å². The van der Waals surface area contributed by atoms with Crippen LogP contribution in [0.5, 0.6) is 0 Å². The number of hydrogen-bond donors (Lipinski definition) is 0. The number of halogens is 3. The summed E-state index contributed by atoms with van der Waals surface area (Å²) in [6.07, 6.45) is -4.67. The van der Waals surface area contributed by atoms with Crippen molar-refractivity contribution in [2.75, 3.05) is 0 Å². The number of nitro groups is 1. The van der Waals surface area contributed by atoms with Gasteiger partial charge < -0.3 is 4.42 Å². The predicted octanol–water partition coefficient (Wildman–Crippen LogP) is 4.90. The van der Waals surface area contributed by atoms with Crippen molar-refractivity contribution >= 4 is 28.4 Å². The highest BCUT2D eigenvalue weighted by Gasteiger charge is 2.35. The maximum absolute atomic E-state index is 13.1. The maximum Gasteiger partial charge on any atom is 0.451 e. The van der Waals surface area contributed by atoms with Crippen LogP contribution in [0.15, 0.2) is 58.0 Å². The van der Waals surface area contributed by atoms with E-state index in [-0.39, 0.29) is 33.8 Å². The molecule has 30 heavy (non-hydrogen) atoms. The molecule has 0 fully saturated rings. The molecule has 0 aliphatic carbocycles. The lowest BCUT2D eigenvalue weighted by atomic mass is 10.2. The Morgan fingerprint density at radius 3 is 2.47 bits per heavy atom. The Kier molecular flexibility index (Phi) is 5.08. The third-order valence-corrected chi connectivity index (χ3v) is 4.92. The van der Waals surface area contributed by atoms with Gasteiger partial charge in [-0.3, -0.25) is 10.1 Å². The van der Waals surface area contributed by atoms with Gasteiger partial charge >= 0.3 is 6.18 Å². The molecule has 0 unspecified atom stereocenters. The predicted molar refractivity (Wildman–Crippen MR) is 100 cm³/mol. The summed E-state index contributed by atoms with van der Waals surface area (Å²) in [5.41, 5.74) is 0.584. The third kappa shape index (κ3) is 4.08. The summed E-state index contributed by atoms with van der Waals surface area (Å²) in [6.45, 7) is 0. The Bertz CT molecular complexity index is 1230. The van der Waals surface area contributed by atoms with Crippen LogP contribution in [0, 0.1) is 10.1 Å². The minimum Gasteiger partial charge on any atom is -0.420 e. The molecule has 0 spiro atoms. The Labute approximate surface area is 170 Å². The SMILES string of the molecule is O=[N+]([O-])c1ccc(-c2nnc(CSc3nc(C(F)(F)F)nc4ccccc34)o2)cc1. The number of nitrogens with zero attached hydrogens (tertiary/aromatic N) is 5. The zero-order valence-electron chi connectivity index (χ0n) is 14.8. The first-order valence-electron chi connectivity index (χ1n) is 8.35. The summed E-state index contributed by atoms with van der Waals surface area (Å²) in [4.78, 5) is 17.4. The van der Waals surface area contributed by atoms with E-state index in [9.17, 15) is 23.3 Å². The van der Waals surface area contributed by atoms with E-state index >= 15 is 0 Å². The van der Waals surface area contributed by atoms with Crippen molar-refractivity contribution in [3.8, 4) is 11.5 Å². The molecule has 2 heterocycles. The second-order valence-electron chi connectivity index (χ2n) is 5.96. The molecule has 0 bridgehead atoms. The quantitative estimate of drug-likeness (QED) is 0.189. The first-order valence-corrected chi connectivity index (χ1v) is 9.34. The van der Waals surface area contributed by atoms with Crippen LogP contribution in [0.1, 0.15) is 11.7 Å². The Morgan fingerprint density at radius 2 is 1.77 bits per heavy atom. The highest BCUT2D eigenvalue weighted by molar-refractivity contribution is 7.98. The second-order valence-corrected chi connectivity index (χ2v) is 6.92. The van der Waals surface area contributed by atoms with E-state index in [4.69, 9.17) is 4.42 Å². The van der Waals surface area contributed by atoms with Crippen LogP contribution in [0.3, 0.4) is 0 Å². The van der Waals surface area contributed by atoms with E-state index in [1.54, 1.807) is 18.2 Å². The molecule has 0 saturated carbocycles. The summed E-state index contributed by atoms with van der Waals surface area (Å²) >= 11 is 1.01. The molecule has 2 aromatic heterocycles. The number of rotatable bonds is 5. The lowest BCUT2D eigenvalue weighted by Gasteiger charge is -2.09. The smallest absolute Gasteiger partial charge is 0.420 e. The van der Waals surface area contributed by atoms with Gasteiger partial charge in [-0.05, 0) is 18.2 Å². The fourth-order valence-corrected chi connectivity index (χ4v) is 3.42. The van der Waals surface area contributed by atoms with Crippen LogP contribution in [0.4, 0.5) is 18.9 Å². The molecule has 12 heteroatoms. The van der Waals surface area contributed by atoms with Gasteiger partial charge in [0, 0.05) is 23.1 Å². The van der Waals surface area contributed by atoms with E-state index in [0.29, 0.717) is 10.9 Å². The molecular weight excluding hydrogens is 423 g/mol. The number of benzene rings is 2. The topological polar surface area (TPSA) is 108 Å². The maximum atomic E-state index is 13.1. The number of aromatic nitrogens is 4. The monoisotopic (exact) mass is 433 g/mol. The standard InChI is InChI=1S/C18H10F3N5O3S/c19-18(20,21)17-22-13-4-2-1-3-12(13)16(23-17)30-9-14-24-25-15(29-14)10-5-7-11(8-6-10)26(27)28/h1-8H,9H2. The number of para-hydroxylation sites is 1. The van der Waals surface area contributed by atoms with E-state index in [0.717, 1.165) is 11.8 Å². The zero-order valence-corrected chi connectivity index (χ0v) is 15.6. The molecule has 0 amide bonds. The summed E-state index contributed by atoms with van der Waals surface area (Å²) in [5.74, 6) is -0.826. The minimum absolute atomic E-state index is 0.0786. The fourth-order valence-electron chi connectivity index (χ4n) is 2.57. The molecule has 0 aliphatic rings. The lowest BCUT2D eigenvalue weighted by molar-refractivity contribution is -0.384. The Balaban J connectivity index is 1.57. The normalized spacial score (nSPS) is 11.7. The van der Waals surface area contributed by atoms with Crippen molar-refractivity contribution in [3.05, 3.63) is 70.4 Å². The molecule has 152 valence electrons. The highest BCUT2D eigenvalue weighted by atomic mass is 32.2. The van der Waals surface area contributed by atoms with Crippen molar-refractivity contribution in [3.63, 3.8) is 0 Å². The molecule has 0 radical (unpaired) electrons. The Morgan fingerprint density at radius 1 is 1.03 bits per heavy atom. The van der Waals surface area contributed by atoms with E-state index in [2.05, 4.69) is 20.2 Å².